The molecule has 0 spiro atoms. The van der Waals surface area contributed by atoms with Crippen molar-refractivity contribution in [3.05, 3.63) is 34.7 Å². The van der Waals surface area contributed by atoms with Gasteiger partial charge >= 0.3 is 5.91 Å². The number of aromatic amines is 1. The number of carbonyl (C=O) groups excluding carboxylic acids is 1. The van der Waals surface area contributed by atoms with Crippen molar-refractivity contribution in [3.63, 3.8) is 0 Å². The van der Waals surface area contributed by atoms with Gasteiger partial charge in [-0.15, -0.1) is 0 Å². The Morgan fingerprint density at radius 1 is 1.57 bits per heavy atom. The number of thiophene rings is 1. The number of aromatic nitrogens is 2. The lowest BCUT2D eigenvalue weighted by molar-refractivity contribution is 0.0711. The zero-order valence-electron chi connectivity index (χ0n) is 7.10. The van der Waals surface area contributed by atoms with E-state index >= 15 is 0 Å². The van der Waals surface area contributed by atoms with Gasteiger partial charge in [-0.3, -0.25) is 10.0 Å². The SMILES string of the molecule is O=C(NO)c1ccc[s+]1-c1ccn[nH]1. The maximum atomic E-state index is 11.2. The van der Waals surface area contributed by atoms with Crippen molar-refractivity contribution in [2.45, 2.75) is 0 Å². The molecule has 1 unspecified atom stereocenters. The van der Waals surface area contributed by atoms with E-state index in [9.17, 15) is 4.79 Å². The molecule has 5 nitrogen and oxygen atoms in total. The summed E-state index contributed by atoms with van der Waals surface area (Å²) in [6.45, 7) is 0. The van der Waals surface area contributed by atoms with Crippen molar-refractivity contribution in [2.24, 2.45) is 0 Å². The average Bonchev–Trinajstić information content (AvgIpc) is 2.85. The molecular weight excluding hydrogens is 202 g/mol. The number of hydrogen-bond donors (Lipinski definition) is 3. The fourth-order valence-corrected chi connectivity index (χ4v) is 2.73. The maximum Gasteiger partial charge on any atom is 0.327 e. The molecule has 2 aromatic rings. The van der Waals surface area contributed by atoms with Crippen LogP contribution in [0.25, 0.3) is 5.03 Å². The van der Waals surface area contributed by atoms with Gasteiger partial charge in [0.25, 0.3) is 5.03 Å². The van der Waals surface area contributed by atoms with Crippen LogP contribution in [-0.4, -0.2) is 21.3 Å². The molecule has 0 aromatic carbocycles. The van der Waals surface area contributed by atoms with E-state index in [1.165, 1.54) is 0 Å². The predicted octanol–water partition coefficient (Wildman–Crippen LogP) is 1.27. The highest BCUT2D eigenvalue weighted by Gasteiger charge is 2.23. The molecule has 0 aliphatic carbocycles. The van der Waals surface area contributed by atoms with Gasteiger partial charge in [-0.2, -0.15) is 5.10 Å². The highest BCUT2D eigenvalue weighted by atomic mass is 32.2. The fourth-order valence-electron chi connectivity index (χ4n) is 1.14. The van der Waals surface area contributed by atoms with Crippen LogP contribution < -0.4 is 5.48 Å². The molecule has 6 heteroatoms. The van der Waals surface area contributed by atoms with Crippen LogP contribution in [0.15, 0.2) is 29.8 Å². The number of carbonyl (C=O) groups is 1. The molecule has 2 rings (SSSR count). The molecule has 0 bridgehead atoms. The Bertz CT molecular complexity index is 435. The summed E-state index contributed by atoms with van der Waals surface area (Å²) in [5.74, 6) is -0.479. The smallest absolute Gasteiger partial charge is 0.288 e. The van der Waals surface area contributed by atoms with Gasteiger partial charge in [0.05, 0.1) is 6.20 Å². The highest BCUT2D eigenvalue weighted by molar-refractivity contribution is 7.39. The number of hydroxylamine groups is 1. The lowest BCUT2D eigenvalue weighted by Gasteiger charge is -1.90. The number of H-pyrrole nitrogens is 1. The lowest BCUT2D eigenvalue weighted by atomic mass is 10.5. The van der Waals surface area contributed by atoms with Crippen molar-refractivity contribution < 1.29 is 10.0 Å². The van der Waals surface area contributed by atoms with Crippen LogP contribution in [0.4, 0.5) is 0 Å². The molecule has 0 aliphatic heterocycles. The summed E-state index contributed by atoms with van der Waals surface area (Å²) in [6.07, 6.45) is 1.63. The van der Waals surface area contributed by atoms with Crippen LogP contribution >= 0.6 is 10.5 Å². The first-order chi connectivity index (χ1) is 6.83. The Morgan fingerprint density at radius 3 is 3.07 bits per heavy atom. The normalized spacial score (nSPS) is 11.4. The standard InChI is InChI=1S/C8H7N3O2S/c12-8(11-13)6-2-1-5-14(6)7-3-4-9-10-7/h1-5H,(H2-,9,10,11,12,13)/p+1. The highest BCUT2D eigenvalue weighted by Crippen LogP contribution is 2.32. The first-order valence-electron chi connectivity index (χ1n) is 3.88. The monoisotopic (exact) mass is 210 g/mol. The maximum absolute atomic E-state index is 11.2. The molecule has 14 heavy (non-hydrogen) atoms. The van der Waals surface area contributed by atoms with Gasteiger partial charge in [-0.25, -0.2) is 10.6 Å². The Kier molecular flexibility index (Phi) is 2.30. The third kappa shape index (κ3) is 1.40. The number of nitrogens with one attached hydrogen (secondary N) is 2. The molecule has 0 saturated carbocycles. The second-order valence-corrected chi connectivity index (χ2v) is 4.39. The molecule has 0 fully saturated rings. The molecule has 0 saturated heterocycles. The zero-order valence-corrected chi connectivity index (χ0v) is 7.91. The van der Waals surface area contributed by atoms with Gasteiger partial charge in [0.15, 0.2) is 0 Å². The van der Waals surface area contributed by atoms with Crippen LogP contribution in [0.2, 0.25) is 0 Å². The number of amides is 1. The summed E-state index contributed by atoms with van der Waals surface area (Å²) in [7, 11) is -0.437. The largest absolute Gasteiger partial charge is 0.327 e. The minimum Gasteiger partial charge on any atom is -0.288 e. The summed E-state index contributed by atoms with van der Waals surface area (Å²) < 4.78 is 0. The van der Waals surface area contributed by atoms with E-state index in [1.54, 1.807) is 29.9 Å². The molecule has 72 valence electrons. The zero-order chi connectivity index (χ0) is 9.97. The topological polar surface area (TPSA) is 78.0 Å². The van der Waals surface area contributed by atoms with E-state index in [1.807, 2.05) is 5.38 Å². The Hall–Kier alpha value is -1.66. The molecule has 1 amide bonds. The Balaban J connectivity index is 2.45. The van der Waals surface area contributed by atoms with Crippen LogP contribution in [0, 0.1) is 0 Å². The van der Waals surface area contributed by atoms with Crippen molar-refractivity contribution in [1.29, 1.82) is 0 Å². The third-order valence-electron chi connectivity index (χ3n) is 1.74. The summed E-state index contributed by atoms with van der Waals surface area (Å²) >= 11 is 0. The molecular formula is C8H8N3O2S+. The summed E-state index contributed by atoms with van der Waals surface area (Å²) in [6, 6.07) is 5.27. The molecule has 2 aromatic heterocycles. The van der Waals surface area contributed by atoms with Crippen LogP contribution in [0.5, 0.6) is 0 Å². The van der Waals surface area contributed by atoms with E-state index in [2.05, 4.69) is 10.2 Å². The van der Waals surface area contributed by atoms with Crippen molar-refractivity contribution in [3.8, 4) is 5.03 Å². The minimum absolute atomic E-state index is 0.437. The van der Waals surface area contributed by atoms with Crippen LogP contribution in [-0.2, 0) is 0 Å². The molecule has 3 N–H and O–H groups in total. The first kappa shape index (κ1) is 8.92. The number of rotatable bonds is 2. The predicted molar refractivity (Wildman–Crippen MR) is 51.7 cm³/mol. The summed E-state index contributed by atoms with van der Waals surface area (Å²) in [4.78, 5) is 11.7. The number of nitrogens with zero attached hydrogens (tertiary/aromatic N) is 1. The van der Waals surface area contributed by atoms with Crippen LogP contribution in [0.1, 0.15) is 9.67 Å². The Morgan fingerprint density at radius 2 is 2.43 bits per heavy atom. The molecule has 0 aliphatic rings. The van der Waals surface area contributed by atoms with Gasteiger partial charge < -0.3 is 0 Å². The first-order valence-corrected chi connectivity index (χ1v) is 5.17. The molecule has 0 radical (unpaired) electrons. The van der Waals surface area contributed by atoms with Crippen LogP contribution in [0.3, 0.4) is 0 Å². The number of hydrogen-bond acceptors (Lipinski definition) is 3. The van der Waals surface area contributed by atoms with E-state index in [4.69, 9.17) is 5.21 Å². The van der Waals surface area contributed by atoms with Gasteiger partial charge in [0.1, 0.15) is 5.38 Å². The van der Waals surface area contributed by atoms with E-state index in [-0.39, 0.29) is 0 Å². The van der Waals surface area contributed by atoms with Crippen molar-refractivity contribution in [1.82, 2.24) is 15.7 Å². The van der Waals surface area contributed by atoms with Gasteiger partial charge in [-0.05, 0) is 6.07 Å². The average molecular weight is 210 g/mol. The van der Waals surface area contributed by atoms with E-state index in [0.717, 1.165) is 5.03 Å². The third-order valence-corrected chi connectivity index (χ3v) is 3.66. The lowest BCUT2D eigenvalue weighted by Crippen LogP contribution is -2.17. The van der Waals surface area contributed by atoms with Crippen molar-refractivity contribution >= 4 is 16.4 Å². The second-order valence-electron chi connectivity index (χ2n) is 2.56. The quantitative estimate of drug-likeness (QED) is 0.397. The minimum atomic E-state index is -0.479. The molecule has 1 atom stereocenters. The van der Waals surface area contributed by atoms with Gasteiger partial charge in [-0.1, -0.05) is 0 Å². The van der Waals surface area contributed by atoms with E-state index < -0.39 is 16.4 Å². The van der Waals surface area contributed by atoms with Gasteiger partial charge in [0.2, 0.25) is 4.88 Å². The fraction of sp³-hybridized carbons (Fsp3) is 0. The van der Waals surface area contributed by atoms with Gasteiger partial charge in [0, 0.05) is 22.6 Å². The second kappa shape index (κ2) is 3.60. The Labute approximate surface area is 82.3 Å². The van der Waals surface area contributed by atoms with Crippen molar-refractivity contribution in [2.75, 3.05) is 0 Å². The van der Waals surface area contributed by atoms with E-state index in [0.29, 0.717) is 4.88 Å². The summed E-state index contributed by atoms with van der Waals surface area (Å²) in [5.41, 5.74) is 1.62. The summed E-state index contributed by atoms with van der Waals surface area (Å²) in [5, 5.41) is 17.9. The molecule has 2 heterocycles.